The molecule has 0 aliphatic heterocycles. The zero-order valence-electron chi connectivity index (χ0n) is 8.74. The van der Waals surface area contributed by atoms with Gasteiger partial charge in [-0.1, -0.05) is 87.7 Å². The summed E-state index contributed by atoms with van der Waals surface area (Å²) in [5, 5.41) is 0. The average Bonchev–Trinajstić information content (AvgIpc) is 2.39. The van der Waals surface area contributed by atoms with Crippen molar-refractivity contribution in [1.29, 1.82) is 0 Å². The van der Waals surface area contributed by atoms with E-state index >= 15 is 0 Å². The Morgan fingerprint density at radius 3 is 2.44 bits per heavy atom. The third kappa shape index (κ3) is 2.77. The van der Waals surface area contributed by atoms with E-state index in [-0.39, 0.29) is 0 Å². The largest absolute Gasteiger partial charge is 0.0726 e. The number of allylic oxidation sites excluding steroid dienone is 4. The molecular weight excluding hydrogens is 422 g/mol. The molecule has 0 amide bonds. The fourth-order valence-corrected chi connectivity index (χ4v) is 2.95. The van der Waals surface area contributed by atoms with Crippen LogP contribution >= 0.6 is 45.2 Å². The van der Waals surface area contributed by atoms with Crippen molar-refractivity contribution >= 4 is 45.2 Å². The molecule has 0 heterocycles. The van der Waals surface area contributed by atoms with Crippen LogP contribution < -0.4 is 0 Å². The summed E-state index contributed by atoms with van der Waals surface area (Å²) in [4.78, 5) is 0. The van der Waals surface area contributed by atoms with Gasteiger partial charge in [-0.05, 0) is 31.3 Å². The van der Waals surface area contributed by atoms with Crippen molar-refractivity contribution in [2.45, 2.75) is 12.3 Å². The zero-order chi connectivity index (χ0) is 11.4. The van der Waals surface area contributed by atoms with E-state index < -0.39 is 0 Å². The minimum atomic E-state index is 0.457. The molecule has 1 aliphatic carbocycles. The lowest BCUT2D eigenvalue weighted by atomic mass is 9.84. The maximum absolute atomic E-state index is 2.35. The first-order valence-corrected chi connectivity index (χ1v) is 7.66. The van der Waals surface area contributed by atoms with Crippen LogP contribution in [0.3, 0.4) is 0 Å². The second-order valence-corrected chi connectivity index (χ2v) is 5.04. The Morgan fingerprint density at radius 2 is 1.81 bits per heavy atom. The van der Waals surface area contributed by atoms with Gasteiger partial charge in [-0.2, -0.15) is 0 Å². The first-order chi connectivity index (χ1) is 7.85. The predicted molar refractivity (Wildman–Crippen MR) is 87.1 cm³/mol. The van der Waals surface area contributed by atoms with Gasteiger partial charge in [0, 0.05) is 5.92 Å². The molecule has 1 aromatic rings. The van der Waals surface area contributed by atoms with E-state index in [1.54, 1.807) is 0 Å². The third-order valence-electron chi connectivity index (χ3n) is 2.75. The van der Waals surface area contributed by atoms with Gasteiger partial charge in [0.1, 0.15) is 0 Å². The topological polar surface area (TPSA) is 0 Å². The standard InChI is InChI=1S/C14H12I2/c15-9-11-6-7-14(13(8-11)10-16)12-4-2-1-3-5-12/h1-7,9-10,14H,8H2/b11-9+,13-10+. The molecule has 0 spiro atoms. The number of benzene rings is 1. The van der Waals surface area contributed by atoms with Crippen molar-refractivity contribution in [2.24, 2.45) is 0 Å². The van der Waals surface area contributed by atoms with E-state index in [2.05, 4.69) is 95.8 Å². The molecule has 1 aromatic carbocycles. The minimum Gasteiger partial charge on any atom is -0.0726 e. The average molecular weight is 434 g/mol. The molecule has 1 unspecified atom stereocenters. The first kappa shape index (κ1) is 12.4. The van der Waals surface area contributed by atoms with E-state index in [1.807, 2.05) is 0 Å². The van der Waals surface area contributed by atoms with Crippen LogP contribution in [-0.2, 0) is 0 Å². The Kier molecular flexibility index (Phi) is 4.64. The van der Waals surface area contributed by atoms with Gasteiger partial charge >= 0.3 is 0 Å². The van der Waals surface area contributed by atoms with Crippen LogP contribution in [-0.4, -0.2) is 0 Å². The molecule has 16 heavy (non-hydrogen) atoms. The molecule has 0 bridgehead atoms. The highest BCUT2D eigenvalue weighted by molar-refractivity contribution is 14.1. The van der Waals surface area contributed by atoms with Crippen LogP contribution in [0.5, 0.6) is 0 Å². The van der Waals surface area contributed by atoms with Gasteiger partial charge < -0.3 is 0 Å². The third-order valence-corrected chi connectivity index (χ3v) is 4.35. The first-order valence-electron chi connectivity index (χ1n) is 5.16. The molecule has 0 radical (unpaired) electrons. The lowest BCUT2D eigenvalue weighted by Crippen LogP contribution is -2.04. The lowest BCUT2D eigenvalue weighted by Gasteiger charge is -2.22. The SMILES string of the molecule is I/C=C1\C=CC(c2ccccc2)/C(=C/I)C1. The molecule has 0 fully saturated rings. The normalized spacial score (nSPS) is 25.2. The van der Waals surface area contributed by atoms with E-state index in [9.17, 15) is 0 Å². The Labute approximate surface area is 124 Å². The Hall–Kier alpha value is -0.100. The van der Waals surface area contributed by atoms with Gasteiger partial charge in [0.05, 0.1) is 0 Å². The molecule has 2 rings (SSSR count). The van der Waals surface area contributed by atoms with Gasteiger partial charge in [-0.15, -0.1) is 0 Å². The molecule has 2 heteroatoms. The zero-order valence-corrected chi connectivity index (χ0v) is 13.1. The quantitative estimate of drug-likeness (QED) is 0.522. The molecule has 1 atom stereocenters. The fraction of sp³-hybridized carbons (Fsp3) is 0.143. The molecule has 0 saturated carbocycles. The second-order valence-electron chi connectivity index (χ2n) is 3.79. The Morgan fingerprint density at radius 1 is 1.06 bits per heavy atom. The maximum Gasteiger partial charge on any atom is 0.0242 e. The summed E-state index contributed by atoms with van der Waals surface area (Å²) in [5.41, 5.74) is 4.27. The molecule has 0 N–H and O–H groups in total. The van der Waals surface area contributed by atoms with Crippen LogP contribution in [0.2, 0.25) is 0 Å². The minimum absolute atomic E-state index is 0.457. The van der Waals surface area contributed by atoms with Crippen LogP contribution in [0.15, 0.2) is 61.8 Å². The van der Waals surface area contributed by atoms with E-state index in [4.69, 9.17) is 0 Å². The van der Waals surface area contributed by atoms with Crippen LogP contribution in [0.1, 0.15) is 17.9 Å². The number of hydrogen-bond donors (Lipinski definition) is 0. The van der Waals surface area contributed by atoms with Gasteiger partial charge in [-0.25, -0.2) is 0 Å². The molecule has 1 aliphatic rings. The molecule has 0 aromatic heterocycles. The van der Waals surface area contributed by atoms with Crippen molar-refractivity contribution in [3.63, 3.8) is 0 Å². The monoisotopic (exact) mass is 434 g/mol. The van der Waals surface area contributed by atoms with E-state index in [0.717, 1.165) is 6.42 Å². The summed E-state index contributed by atoms with van der Waals surface area (Å²) in [5.74, 6) is 0.457. The van der Waals surface area contributed by atoms with E-state index in [1.165, 1.54) is 16.7 Å². The fourth-order valence-electron chi connectivity index (χ4n) is 1.91. The van der Waals surface area contributed by atoms with Gasteiger partial charge in [0.15, 0.2) is 0 Å². The van der Waals surface area contributed by atoms with Crippen molar-refractivity contribution in [2.75, 3.05) is 0 Å². The van der Waals surface area contributed by atoms with Crippen molar-refractivity contribution in [1.82, 2.24) is 0 Å². The van der Waals surface area contributed by atoms with Gasteiger partial charge in [0.2, 0.25) is 0 Å². The van der Waals surface area contributed by atoms with Gasteiger partial charge in [-0.3, -0.25) is 0 Å². The Bertz CT molecular complexity index is 441. The molecule has 0 nitrogen and oxygen atoms in total. The number of rotatable bonds is 1. The maximum atomic E-state index is 2.35. The summed E-state index contributed by atoms with van der Waals surface area (Å²) in [6.07, 6.45) is 5.61. The van der Waals surface area contributed by atoms with Crippen LogP contribution in [0.25, 0.3) is 0 Å². The summed E-state index contributed by atoms with van der Waals surface area (Å²) in [7, 11) is 0. The highest BCUT2D eigenvalue weighted by Gasteiger charge is 2.17. The van der Waals surface area contributed by atoms with Crippen LogP contribution in [0, 0.1) is 0 Å². The van der Waals surface area contributed by atoms with Gasteiger partial charge in [0.25, 0.3) is 0 Å². The number of hydrogen-bond acceptors (Lipinski definition) is 0. The van der Waals surface area contributed by atoms with Crippen molar-refractivity contribution in [3.05, 3.63) is 67.4 Å². The lowest BCUT2D eigenvalue weighted by molar-refractivity contribution is 0.909. The smallest absolute Gasteiger partial charge is 0.0242 e. The summed E-state index contributed by atoms with van der Waals surface area (Å²) in [6.45, 7) is 0. The van der Waals surface area contributed by atoms with Crippen molar-refractivity contribution < 1.29 is 0 Å². The Balaban J connectivity index is 2.35. The highest BCUT2D eigenvalue weighted by Crippen LogP contribution is 2.35. The second kappa shape index (κ2) is 6.00. The summed E-state index contributed by atoms with van der Waals surface area (Å²) in [6, 6.07) is 10.7. The van der Waals surface area contributed by atoms with E-state index in [0.29, 0.717) is 5.92 Å². The number of halogens is 2. The van der Waals surface area contributed by atoms with Crippen LogP contribution in [0.4, 0.5) is 0 Å². The molecular formula is C14H12I2. The highest BCUT2D eigenvalue weighted by atomic mass is 127. The molecule has 82 valence electrons. The summed E-state index contributed by atoms with van der Waals surface area (Å²) >= 11 is 4.66. The predicted octanol–water partition coefficient (Wildman–Crippen LogP) is 5.37. The summed E-state index contributed by atoms with van der Waals surface area (Å²) < 4.78 is 4.38. The molecule has 0 saturated heterocycles. The van der Waals surface area contributed by atoms with Crippen molar-refractivity contribution in [3.8, 4) is 0 Å².